The molecule has 2 aromatic rings. The molecular formula is C13H16N2O4S. The van der Waals surface area contributed by atoms with Gasteiger partial charge in [0.2, 0.25) is 0 Å². The second kappa shape index (κ2) is 5.16. The molecule has 0 unspecified atom stereocenters. The molecule has 7 heteroatoms. The van der Waals surface area contributed by atoms with Gasteiger partial charge in [0.05, 0.1) is 5.69 Å². The van der Waals surface area contributed by atoms with Gasteiger partial charge in [-0.25, -0.2) is 8.42 Å². The van der Waals surface area contributed by atoms with E-state index in [0.29, 0.717) is 11.4 Å². The Hall–Kier alpha value is -2.02. The van der Waals surface area contributed by atoms with Crippen LogP contribution in [0.15, 0.2) is 33.7 Å². The minimum absolute atomic E-state index is 0.00918. The van der Waals surface area contributed by atoms with Gasteiger partial charge in [-0.15, -0.1) is 0 Å². The fourth-order valence-corrected chi connectivity index (χ4v) is 3.86. The van der Waals surface area contributed by atoms with Crippen molar-refractivity contribution >= 4 is 15.7 Å². The van der Waals surface area contributed by atoms with Crippen molar-refractivity contribution in [1.29, 1.82) is 0 Å². The number of benzene rings is 1. The molecule has 0 aliphatic carbocycles. The van der Waals surface area contributed by atoms with Crippen LogP contribution in [0.4, 0.5) is 5.69 Å². The fraction of sp³-hybridized carbons (Fsp3) is 0.308. The van der Waals surface area contributed by atoms with Gasteiger partial charge in [-0.3, -0.25) is 4.31 Å². The van der Waals surface area contributed by atoms with E-state index in [0.717, 1.165) is 0 Å². The molecule has 0 saturated carbocycles. The molecule has 0 spiro atoms. The first kappa shape index (κ1) is 14.4. The zero-order valence-corrected chi connectivity index (χ0v) is 12.3. The molecule has 0 aliphatic heterocycles. The molecule has 6 nitrogen and oxygen atoms in total. The number of aromatic hydroxyl groups is 1. The summed E-state index contributed by atoms with van der Waals surface area (Å²) in [7, 11) is -3.77. The Kier molecular flexibility index (Phi) is 3.71. The molecule has 1 N–H and O–H groups in total. The van der Waals surface area contributed by atoms with Crippen molar-refractivity contribution in [3.05, 3.63) is 35.7 Å². The predicted molar refractivity (Wildman–Crippen MR) is 74.3 cm³/mol. The topological polar surface area (TPSA) is 83.6 Å². The van der Waals surface area contributed by atoms with Crippen LogP contribution in [0.25, 0.3) is 0 Å². The average Bonchev–Trinajstić information content (AvgIpc) is 2.70. The molecular weight excluding hydrogens is 280 g/mol. The number of anilines is 1. The quantitative estimate of drug-likeness (QED) is 0.935. The summed E-state index contributed by atoms with van der Waals surface area (Å²) in [5.41, 5.74) is 0.716. The molecule has 0 atom stereocenters. The van der Waals surface area contributed by atoms with Crippen LogP contribution in [-0.2, 0) is 10.0 Å². The first-order valence-electron chi connectivity index (χ1n) is 6.12. The van der Waals surface area contributed by atoms with Crippen molar-refractivity contribution in [1.82, 2.24) is 5.16 Å². The number of hydrogen-bond acceptors (Lipinski definition) is 5. The molecule has 20 heavy (non-hydrogen) atoms. The third-order valence-electron chi connectivity index (χ3n) is 2.92. The maximum atomic E-state index is 12.7. The van der Waals surface area contributed by atoms with Crippen molar-refractivity contribution in [2.45, 2.75) is 25.7 Å². The van der Waals surface area contributed by atoms with Crippen LogP contribution in [0.5, 0.6) is 5.75 Å². The molecule has 0 radical (unpaired) electrons. The summed E-state index contributed by atoms with van der Waals surface area (Å²) in [6.45, 7) is 5.10. The van der Waals surface area contributed by atoms with Crippen LogP contribution in [0.1, 0.15) is 18.4 Å². The smallest absolute Gasteiger partial charge is 0.269 e. The first-order valence-corrected chi connectivity index (χ1v) is 7.56. The second-order valence-electron chi connectivity index (χ2n) is 4.34. The fourth-order valence-electron chi connectivity index (χ4n) is 2.09. The van der Waals surface area contributed by atoms with Gasteiger partial charge in [0.1, 0.15) is 11.4 Å². The van der Waals surface area contributed by atoms with Gasteiger partial charge < -0.3 is 9.63 Å². The zero-order valence-electron chi connectivity index (χ0n) is 11.5. The number of aryl methyl sites for hydroxylation is 2. The van der Waals surface area contributed by atoms with E-state index in [1.165, 1.54) is 16.4 Å². The van der Waals surface area contributed by atoms with E-state index in [-0.39, 0.29) is 22.9 Å². The van der Waals surface area contributed by atoms with E-state index < -0.39 is 10.0 Å². The molecule has 0 fully saturated rings. The van der Waals surface area contributed by atoms with E-state index in [1.807, 2.05) is 0 Å². The molecule has 2 rings (SSSR count). The number of hydrogen-bond donors (Lipinski definition) is 1. The molecule has 0 saturated heterocycles. The average molecular weight is 296 g/mol. The van der Waals surface area contributed by atoms with Crippen LogP contribution in [-0.4, -0.2) is 25.2 Å². The Bertz CT molecular complexity index is 702. The largest absolute Gasteiger partial charge is 0.508 e. The summed E-state index contributed by atoms with van der Waals surface area (Å²) in [5.74, 6) is 0.260. The highest BCUT2D eigenvalue weighted by Gasteiger charge is 2.30. The Balaban J connectivity index is 2.57. The highest BCUT2D eigenvalue weighted by molar-refractivity contribution is 7.93. The van der Waals surface area contributed by atoms with Gasteiger partial charge in [0, 0.05) is 12.6 Å². The summed E-state index contributed by atoms with van der Waals surface area (Å²) >= 11 is 0. The van der Waals surface area contributed by atoms with Crippen LogP contribution in [0, 0.1) is 13.8 Å². The molecule has 1 aromatic heterocycles. The number of nitrogens with zero attached hydrogens (tertiary/aromatic N) is 2. The lowest BCUT2D eigenvalue weighted by molar-refractivity contribution is 0.390. The zero-order chi connectivity index (χ0) is 14.9. The van der Waals surface area contributed by atoms with E-state index in [9.17, 15) is 13.5 Å². The second-order valence-corrected chi connectivity index (χ2v) is 6.14. The van der Waals surface area contributed by atoms with Crippen LogP contribution < -0.4 is 4.31 Å². The van der Waals surface area contributed by atoms with Gasteiger partial charge in [0.15, 0.2) is 10.7 Å². The number of phenolic OH excluding ortho intramolecular Hbond substituents is 1. The highest BCUT2D eigenvalue weighted by Crippen LogP contribution is 2.29. The van der Waals surface area contributed by atoms with Crippen molar-refractivity contribution in [3.8, 4) is 5.75 Å². The summed E-state index contributed by atoms with van der Waals surface area (Å²) in [5, 5.41) is 13.2. The summed E-state index contributed by atoms with van der Waals surface area (Å²) in [4.78, 5) is 0.0719. The lowest BCUT2D eigenvalue weighted by Gasteiger charge is -2.22. The standard InChI is InChI=1S/C13H16N2O4S/c1-4-15(11-6-5-7-12(16)8-11)20(17,18)13-9(2)14-19-10(13)3/h5-8,16H,4H2,1-3H3. The Morgan fingerprint density at radius 2 is 2.05 bits per heavy atom. The SMILES string of the molecule is CCN(c1cccc(O)c1)S(=O)(=O)c1c(C)noc1C. The third kappa shape index (κ3) is 2.36. The van der Waals surface area contributed by atoms with Gasteiger partial charge >= 0.3 is 0 Å². The Labute approximate surface area is 117 Å². The maximum absolute atomic E-state index is 12.7. The van der Waals surface area contributed by atoms with Gasteiger partial charge in [-0.05, 0) is 32.9 Å². The third-order valence-corrected chi connectivity index (χ3v) is 5.07. The number of rotatable bonds is 4. The van der Waals surface area contributed by atoms with Gasteiger partial charge in [-0.1, -0.05) is 11.2 Å². The molecule has 1 heterocycles. The molecule has 0 aliphatic rings. The maximum Gasteiger partial charge on any atom is 0.269 e. The van der Waals surface area contributed by atoms with Crippen molar-refractivity contribution in [2.24, 2.45) is 0 Å². The van der Waals surface area contributed by atoms with Crippen molar-refractivity contribution in [3.63, 3.8) is 0 Å². The predicted octanol–water partition coefficient (Wildman–Crippen LogP) is 2.21. The minimum atomic E-state index is -3.77. The van der Waals surface area contributed by atoms with Crippen LogP contribution in [0.2, 0.25) is 0 Å². The summed E-state index contributed by atoms with van der Waals surface area (Å²) < 4.78 is 31.6. The number of sulfonamides is 1. The Morgan fingerprint density at radius 3 is 2.55 bits per heavy atom. The van der Waals surface area contributed by atoms with E-state index >= 15 is 0 Å². The lowest BCUT2D eigenvalue weighted by Crippen LogP contribution is -2.31. The van der Waals surface area contributed by atoms with E-state index in [4.69, 9.17) is 4.52 Å². The minimum Gasteiger partial charge on any atom is -0.508 e. The molecule has 0 amide bonds. The molecule has 0 bridgehead atoms. The summed E-state index contributed by atoms with van der Waals surface area (Å²) in [6.07, 6.45) is 0. The lowest BCUT2D eigenvalue weighted by atomic mass is 10.3. The van der Waals surface area contributed by atoms with Crippen LogP contribution >= 0.6 is 0 Å². The monoisotopic (exact) mass is 296 g/mol. The van der Waals surface area contributed by atoms with Crippen molar-refractivity contribution < 1.29 is 18.0 Å². The first-order chi connectivity index (χ1) is 9.37. The highest BCUT2D eigenvalue weighted by atomic mass is 32.2. The van der Waals surface area contributed by atoms with Gasteiger partial charge in [-0.2, -0.15) is 0 Å². The molecule has 1 aromatic carbocycles. The molecule has 108 valence electrons. The van der Waals surface area contributed by atoms with Crippen LogP contribution in [0.3, 0.4) is 0 Å². The normalized spacial score (nSPS) is 11.6. The number of aromatic nitrogens is 1. The van der Waals surface area contributed by atoms with E-state index in [1.54, 1.807) is 32.9 Å². The van der Waals surface area contributed by atoms with Crippen molar-refractivity contribution in [2.75, 3.05) is 10.8 Å². The summed E-state index contributed by atoms with van der Waals surface area (Å²) in [6, 6.07) is 6.11. The Morgan fingerprint density at radius 1 is 1.35 bits per heavy atom. The van der Waals surface area contributed by atoms with E-state index in [2.05, 4.69) is 5.16 Å². The van der Waals surface area contributed by atoms with Gasteiger partial charge in [0.25, 0.3) is 10.0 Å². The number of phenols is 1.